The summed E-state index contributed by atoms with van der Waals surface area (Å²) in [7, 11) is 0. The van der Waals surface area contributed by atoms with Crippen molar-refractivity contribution in [1.29, 1.82) is 0 Å². The fourth-order valence-corrected chi connectivity index (χ4v) is 2.07. The molecule has 0 aliphatic heterocycles. The molecule has 2 aromatic carbocycles. The lowest BCUT2D eigenvalue weighted by Crippen LogP contribution is -1.87. The van der Waals surface area contributed by atoms with Crippen molar-refractivity contribution in [2.24, 2.45) is 0 Å². The molecule has 0 aliphatic rings. The minimum atomic E-state index is -0.299. The molecule has 0 aliphatic carbocycles. The molecule has 3 aromatic rings. The lowest BCUT2D eigenvalue weighted by Gasteiger charge is -1.97. The first-order valence-corrected chi connectivity index (χ1v) is 6.41. The largest absolute Gasteiger partial charge is 0.420 e. The number of benzene rings is 2. The Morgan fingerprint density at radius 1 is 1.05 bits per heavy atom. The Kier molecular flexibility index (Phi) is 3.48. The summed E-state index contributed by atoms with van der Waals surface area (Å²) in [5, 5.41) is 8.62. The van der Waals surface area contributed by atoms with Gasteiger partial charge in [0.05, 0.1) is 6.42 Å². The number of rotatable bonds is 3. The van der Waals surface area contributed by atoms with Crippen LogP contribution in [0.1, 0.15) is 11.5 Å². The molecule has 0 radical (unpaired) electrons. The summed E-state index contributed by atoms with van der Waals surface area (Å²) >= 11 is 5.92. The summed E-state index contributed by atoms with van der Waals surface area (Å²) in [4.78, 5) is 0. The molecule has 20 heavy (non-hydrogen) atoms. The van der Waals surface area contributed by atoms with E-state index in [1.54, 1.807) is 12.1 Å². The SMILES string of the molecule is Fc1ccc(-c2nnc(Cc3cccc(Cl)c3)o2)cc1. The number of nitrogens with zero attached hydrogens (tertiary/aromatic N) is 2. The minimum Gasteiger partial charge on any atom is -0.420 e. The minimum absolute atomic E-state index is 0.299. The number of aromatic nitrogens is 2. The van der Waals surface area contributed by atoms with E-state index in [4.69, 9.17) is 16.0 Å². The quantitative estimate of drug-likeness (QED) is 0.728. The molecule has 0 bridgehead atoms. The Balaban J connectivity index is 1.82. The summed E-state index contributed by atoms with van der Waals surface area (Å²) in [6, 6.07) is 13.4. The monoisotopic (exact) mass is 288 g/mol. The maximum Gasteiger partial charge on any atom is 0.247 e. The first-order chi connectivity index (χ1) is 9.70. The van der Waals surface area contributed by atoms with Crippen LogP contribution in [0.15, 0.2) is 52.9 Å². The van der Waals surface area contributed by atoms with E-state index in [1.807, 2.05) is 24.3 Å². The van der Waals surface area contributed by atoms with E-state index < -0.39 is 0 Å². The second kappa shape index (κ2) is 5.43. The maximum atomic E-state index is 12.9. The molecule has 1 heterocycles. The van der Waals surface area contributed by atoms with Crippen LogP contribution in [0.25, 0.3) is 11.5 Å². The van der Waals surface area contributed by atoms with Crippen LogP contribution in [0.4, 0.5) is 4.39 Å². The van der Waals surface area contributed by atoms with Crippen LogP contribution in [0.5, 0.6) is 0 Å². The molecule has 0 saturated carbocycles. The third kappa shape index (κ3) is 2.86. The van der Waals surface area contributed by atoms with Crippen LogP contribution in [0.3, 0.4) is 0 Å². The fraction of sp³-hybridized carbons (Fsp3) is 0.0667. The average Bonchev–Trinajstić information content (AvgIpc) is 2.88. The van der Waals surface area contributed by atoms with Crippen molar-refractivity contribution in [2.45, 2.75) is 6.42 Å². The van der Waals surface area contributed by atoms with E-state index in [-0.39, 0.29) is 5.82 Å². The summed E-state index contributed by atoms with van der Waals surface area (Å²) in [5.74, 6) is 0.570. The van der Waals surface area contributed by atoms with Gasteiger partial charge >= 0.3 is 0 Å². The first-order valence-electron chi connectivity index (χ1n) is 6.03. The highest BCUT2D eigenvalue weighted by Gasteiger charge is 2.09. The van der Waals surface area contributed by atoms with Gasteiger partial charge in [-0.05, 0) is 42.0 Å². The summed E-state index contributed by atoms with van der Waals surface area (Å²) < 4.78 is 18.4. The van der Waals surface area contributed by atoms with E-state index in [0.717, 1.165) is 5.56 Å². The van der Waals surface area contributed by atoms with Crippen LogP contribution < -0.4 is 0 Å². The topological polar surface area (TPSA) is 38.9 Å². The van der Waals surface area contributed by atoms with Gasteiger partial charge < -0.3 is 4.42 Å². The van der Waals surface area contributed by atoms with Crippen molar-refractivity contribution >= 4 is 11.6 Å². The Morgan fingerprint density at radius 3 is 2.60 bits per heavy atom. The van der Waals surface area contributed by atoms with Gasteiger partial charge in [0.15, 0.2) is 0 Å². The van der Waals surface area contributed by atoms with Crippen LogP contribution in [-0.4, -0.2) is 10.2 Å². The van der Waals surface area contributed by atoms with Gasteiger partial charge in [-0.15, -0.1) is 10.2 Å². The highest BCUT2D eigenvalue weighted by molar-refractivity contribution is 6.30. The van der Waals surface area contributed by atoms with Crippen LogP contribution in [0.2, 0.25) is 5.02 Å². The van der Waals surface area contributed by atoms with Crippen molar-refractivity contribution < 1.29 is 8.81 Å². The normalized spacial score (nSPS) is 10.7. The zero-order valence-corrected chi connectivity index (χ0v) is 11.1. The zero-order chi connectivity index (χ0) is 13.9. The number of halogens is 2. The summed E-state index contributed by atoms with van der Waals surface area (Å²) in [6.07, 6.45) is 0.509. The molecule has 0 atom stereocenters. The lowest BCUT2D eigenvalue weighted by molar-refractivity contribution is 0.518. The molecule has 0 fully saturated rings. The molecule has 1 aromatic heterocycles. The Hall–Kier alpha value is -2.20. The Morgan fingerprint density at radius 2 is 1.85 bits per heavy atom. The number of hydrogen-bond acceptors (Lipinski definition) is 3. The molecule has 5 heteroatoms. The maximum absolute atomic E-state index is 12.9. The van der Waals surface area contributed by atoms with Crippen molar-refractivity contribution in [1.82, 2.24) is 10.2 Å². The van der Waals surface area contributed by atoms with Gasteiger partial charge in [0.1, 0.15) is 5.82 Å². The van der Waals surface area contributed by atoms with Crippen LogP contribution >= 0.6 is 11.6 Å². The van der Waals surface area contributed by atoms with Crippen LogP contribution in [-0.2, 0) is 6.42 Å². The van der Waals surface area contributed by atoms with Crippen LogP contribution in [0, 0.1) is 5.82 Å². The third-order valence-corrected chi connectivity index (χ3v) is 3.04. The van der Waals surface area contributed by atoms with E-state index >= 15 is 0 Å². The standard InChI is InChI=1S/C15H10ClFN2O/c16-12-3-1-2-10(8-12)9-14-18-19-15(20-14)11-4-6-13(17)7-5-11/h1-8H,9H2. The van der Waals surface area contributed by atoms with Gasteiger partial charge in [0.25, 0.3) is 0 Å². The summed E-state index contributed by atoms with van der Waals surface area (Å²) in [6.45, 7) is 0. The van der Waals surface area contributed by atoms with Crippen molar-refractivity contribution in [3.05, 3.63) is 70.8 Å². The van der Waals surface area contributed by atoms with E-state index in [0.29, 0.717) is 28.8 Å². The van der Waals surface area contributed by atoms with Gasteiger partial charge in [-0.1, -0.05) is 23.7 Å². The molecule has 3 rings (SSSR count). The second-order valence-corrected chi connectivity index (χ2v) is 4.75. The molecular formula is C15H10ClFN2O. The predicted molar refractivity (Wildman–Crippen MR) is 74.0 cm³/mol. The second-order valence-electron chi connectivity index (χ2n) is 4.31. The van der Waals surface area contributed by atoms with Gasteiger partial charge in [-0.2, -0.15) is 0 Å². The highest BCUT2D eigenvalue weighted by Crippen LogP contribution is 2.20. The Labute approximate surface area is 120 Å². The molecule has 0 spiro atoms. The van der Waals surface area contributed by atoms with E-state index in [1.165, 1.54) is 12.1 Å². The van der Waals surface area contributed by atoms with E-state index in [9.17, 15) is 4.39 Å². The molecular weight excluding hydrogens is 279 g/mol. The highest BCUT2D eigenvalue weighted by atomic mass is 35.5. The number of hydrogen-bond donors (Lipinski definition) is 0. The third-order valence-electron chi connectivity index (χ3n) is 2.80. The first kappa shape index (κ1) is 12.8. The van der Waals surface area contributed by atoms with Gasteiger partial charge in [-0.3, -0.25) is 0 Å². The molecule has 0 N–H and O–H groups in total. The summed E-state index contributed by atoms with van der Waals surface area (Å²) in [5.41, 5.74) is 1.68. The van der Waals surface area contributed by atoms with Crippen molar-refractivity contribution in [3.63, 3.8) is 0 Å². The molecule has 0 saturated heterocycles. The molecule has 0 unspecified atom stereocenters. The molecule has 100 valence electrons. The average molecular weight is 289 g/mol. The molecule has 3 nitrogen and oxygen atoms in total. The van der Waals surface area contributed by atoms with Crippen molar-refractivity contribution in [3.8, 4) is 11.5 Å². The zero-order valence-electron chi connectivity index (χ0n) is 10.4. The smallest absolute Gasteiger partial charge is 0.247 e. The lowest BCUT2D eigenvalue weighted by atomic mass is 10.1. The Bertz CT molecular complexity index is 725. The van der Waals surface area contributed by atoms with Gasteiger partial charge in [-0.25, -0.2) is 4.39 Å². The molecule has 0 amide bonds. The van der Waals surface area contributed by atoms with Crippen molar-refractivity contribution in [2.75, 3.05) is 0 Å². The predicted octanol–water partition coefficient (Wildman–Crippen LogP) is 4.12. The van der Waals surface area contributed by atoms with Gasteiger partial charge in [0.2, 0.25) is 11.8 Å². The van der Waals surface area contributed by atoms with Gasteiger partial charge in [0, 0.05) is 10.6 Å². The fourth-order valence-electron chi connectivity index (χ4n) is 1.86. The van der Waals surface area contributed by atoms with E-state index in [2.05, 4.69) is 10.2 Å².